The van der Waals surface area contributed by atoms with Crippen molar-refractivity contribution >= 4 is 16.5 Å². The van der Waals surface area contributed by atoms with Crippen LogP contribution in [-0.4, -0.2) is 36.2 Å². The molecule has 4 nitrogen and oxygen atoms in total. The maximum Gasteiger partial charge on any atom is 0.427 e. The number of ether oxygens (including phenoxy) is 1. The number of alkyl halides is 3. The average molecular weight is 357 g/mol. The molecule has 0 aliphatic carbocycles. The second-order valence-corrected chi connectivity index (χ2v) is 6.57. The minimum atomic E-state index is -4.34. The van der Waals surface area contributed by atoms with Crippen LogP contribution in [0.5, 0.6) is 0 Å². The summed E-state index contributed by atoms with van der Waals surface area (Å²) in [6.07, 6.45) is -3.47. The zero-order chi connectivity index (χ0) is 17.0. The SMILES string of the molecule is FC(F)(F)c1cnc(NCc2ccccc2CN2CCOCC2)s1. The second kappa shape index (κ2) is 7.50. The van der Waals surface area contributed by atoms with E-state index >= 15 is 0 Å². The lowest BCUT2D eigenvalue weighted by molar-refractivity contribution is -0.134. The zero-order valence-electron chi connectivity index (χ0n) is 13.0. The summed E-state index contributed by atoms with van der Waals surface area (Å²) in [4.78, 5) is 5.43. The third-order valence-electron chi connectivity index (χ3n) is 3.83. The van der Waals surface area contributed by atoms with Crippen molar-refractivity contribution in [3.8, 4) is 0 Å². The number of thiazole rings is 1. The number of anilines is 1. The predicted molar refractivity (Wildman–Crippen MR) is 87.0 cm³/mol. The number of aromatic nitrogens is 1. The van der Waals surface area contributed by atoms with E-state index in [0.29, 0.717) is 17.9 Å². The summed E-state index contributed by atoms with van der Waals surface area (Å²) in [6, 6.07) is 7.95. The predicted octanol–water partition coefficient (Wildman–Crippen LogP) is 3.61. The first-order chi connectivity index (χ1) is 11.5. The van der Waals surface area contributed by atoms with E-state index in [2.05, 4.69) is 21.3 Å². The number of benzene rings is 1. The van der Waals surface area contributed by atoms with E-state index in [0.717, 1.165) is 44.6 Å². The van der Waals surface area contributed by atoms with Gasteiger partial charge in [-0.1, -0.05) is 35.6 Å². The summed E-state index contributed by atoms with van der Waals surface area (Å²) in [7, 11) is 0. The minimum Gasteiger partial charge on any atom is -0.379 e. The molecule has 1 saturated heterocycles. The average Bonchev–Trinajstić information content (AvgIpc) is 3.04. The highest BCUT2D eigenvalue weighted by Crippen LogP contribution is 2.35. The molecular weight excluding hydrogens is 339 g/mol. The fourth-order valence-electron chi connectivity index (χ4n) is 2.54. The van der Waals surface area contributed by atoms with E-state index in [1.807, 2.05) is 18.2 Å². The van der Waals surface area contributed by atoms with Crippen LogP contribution in [-0.2, 0) is 24.0 Å². The van der Waals surface area contributed by atoms with Gasteiger partial charge in [0.25, 0.3) is 0 Å². The molecule has 0 atom stereocenters. The van der Waals surface area contributed by atoms with E-state index in [9.17, 15) is 13.2 Å². The fraction of sp³-hybridized carbons (Fsp3) is 0.438. The first-order valence-electron chi connectivity index (χ1n) is 7.66. The quantitative estimate of drug-likeness (QED) is 0.887. The van der Waals surface area contributed by atoms with E-state index < -0.39 is 11.1 Å². The lowest BCUT2D eigenvalue weighted by Gasteiger charge is -2.27. The molecule has 1 aromatic carbocycles. The summed E-state index contributed by atoms with van der Waals surface area (Å²) in [5.41, 5.74) is 2.23. The molecular formula is C16H18F3N3OS. The molecule has 0 unspecified atom stereocenters. The highest BCUT2D eigenvalue weighted by molar-refractivity contribution is 7.15. The van der Waals surface area contributed by atoms with E-state index in [1.54, 1.807) is 0 Å². The van der Waals surface area contributed by atoms with Crippen LogP contribution in [0.25, 0.3) is 0 Å². The van der Waals surface area contributed by atoms with Gasteiger partial charge in [-0.05, 0) is 11.1 Å². The molecule has 2 heterocycles. The second-order valence-electron chi connectivity index (χ2n) is 5.54. The van der Waals surface area contributed by atoms with Crippen LogP contribution in [0.15, 0.2) is 30.5 Å². The van der Waals surface area contributed by atoms with Crippen molar-refractivity contribution in [1.82, 2.24) is 9.88 Å². The molecule has 1 aliphatic rings. The third kappa shape index (κ3) is 4.46. The van der Waals surface area contributed by atoms with Gasteiger partial charge in [0, 0.05) is 26.2 Å². The first-order valence-corrected chi connectivity index (χ1v) is 8.48. The Hall–Kier alpha value is -1.64. The van der Waals surface area contributed by atoms with E-state index in [-0.39, 0.29) is 5.13 Å². The van der Waals surface area contributed by atoms with Crippen LogP contribution in [0.4, 0.5) is 18.3 Å². The highest BCUT2D eigenvalue weighted by Gasteiger charge is 2.33. The van der Waals surface area contributed by atoms with Crippen molar-refractivity contribution in [2.75, 3.05) is 31.6 Å². The summed E-state index contributed by atoms with van der Waals surface area (Å²) < 4.78 is 43.2. The van der Waals surface area contributed by atoms with E-state index in [1.165, 1.54) is 5.56 Å². The Morgan fingerprint density at radius 3 is 2.54 bits per heavy atom. The summed E-state index contributed by atoms with van der Waals surface area (Å²) in [6.45, 7) is 4.52. The summed E-state index contributed by atoms with van der Waals surface area (Å²) in [5, 5.41) is 3.28. The Balaban J connectivity index is 1.63. The van der Waals surface area contributed by atoms with Crippen molar-refractivity contribution in [3.63, 3.8) is 0 Å². The molecule has 24 heavy (non-hydrogen) atoms. The van der Waals surface area contributed by atoms with Crippen molar-refractivity contribution in [2.45, 2.75) is 19.3 Å². The number of morpholine rings is 1. The van der Waals surface area contributed by atoms with Crippen LogP contribution >= 0.6 is 11.3 Å². The van der Waals surface area contributed by atoms with Gasteiger partial charge in [-0.2, -0.15) is 13.2 Å². The van der Waals surface area contributed by atoms with Gasteiger partial charge in [-0.15, -0.1) is 0 Å². The first kappa shape index (κ1) is 17.2. The monoisotopic (exact) mass is 357 g/mol. The van der Waals surface area contributed by atoms with Crippen molar-refractivity contribution < 1.29 is 17.9 Å². The molecule has 1 aliphatic heterocycles. The van der Waals surface area contributed by atoms with Crippen molar-refractivity contribution in [1.29, 1.82) is 0 Å². The molecule has 3 rings (SSSR count). The Morgan fingerprint density at radius 1 is 1.17 bits per heavy atom. The van der Waals surface area contributed by atoms with Gasteiger partial charge in [-0.25, -0.2) is 4.98 Å². The third-order valence-corrected chi connectivity index (χ3v) is 4.83. The van der Waals surface area contributed by atoms with Gasteiger partial charge in [-0.3, -0.25) is 4.90 Å². The highest BCUT2D eigenvalue weighted by atomic mass is 32.1. The van der Waals surface area contributed by atoms with Crippen molar-refractivity contribution in [3.05, 3.63) is 46.5 Å². The molecule has 1 N–H and O–H groups in total. The summed E-state index contributed by atoms with van der Waals surface area (Å²) in [5.74, 6) is 0. The zero-order valence-corrected chi connectivity index (χ0v) is 13.8. The van der Waals surface area contributed by atoms with Gasteiger partial charge in [0.1, 0.15) is 4.88 Å². The topological polar surface area (TPSA) is 37.4 Å². The Bertz CT molecular complexity index is 669. The van der Waals surface area contributed by atoms with Gasteiger partial charge in [0.15, 0.2) is 5.13 Å². The van der Waals surface area contributed by atoms with Gasteiger partial charge >= 0.3 is 6.18 Å². The molecule has 0 amide bonds. The number of halogens is 3. The van der Waals surface area contributed by atoms with Crippen LogP contribution < -0.4 is 5.32 Å². The molecule has 130 valence electrons. The van der Waals surface area contributed by atoms with Crippen LogP contribution in [0.1, 0.15) is 16.0 Å². The normalized spacial score (nSPS) is 16.3. The fourth-order valence-corrected chi connectivity index (χ4v) is 3.22. The van der Waals surface area contributed by atoms with Gasteiger partial charge < -0.3 is 10.1 Å². The molecule has 1 fully saturated rings. The Labute approximate surface area is 142 Å². The Kier molecular flexibility index (Phi) is 5.37. The number of hydrogen-bond donors (Lipinski definition) is 1. The van der Waals surface area contributed by atoms with Gasteiger partial charge in [0.2, 0.25) is 0 Å². The van der Waals surface area contributed by atoms with Crippen molar-refractivity contribution in [2.24, 2.45) is 0 Å². The van der Waals surface area contributed by atoms with Crippen LogP contribution in [0, 0.1) is 0 Å². The molecule has 8 heteroatoms. The number of nitrogens with one attached hydrogen (secondary N) is 1. The largest absolute Gasteiger partial charge is 0.427 e. The lowest BCUT2D eigenvalue weighted by atomic mass is 10.1. The number of nitrogens with zero attached hydrogens (tertiary/aromatic N) is 2. The standard InChI is InChI=1S/C16H18F3N3OS/c17-16(18,19)14-10-21-15(24-14)20-9-12-3-1-2-4-13(12)11-22-5-7-23-8-6-22/h1-4,10H,5-9,11H2,(H,20,21). The molecule has 0 radical (unpaired) electrons. The van der Waals surface area contributed by atoms with Gasteiger partial charge in [0.05, 0.1) is 19.4 Å². The van der Waals surface area contributed by atoms with Crippen LogP contribution in [0.3, 0.4) is 0 Å². The number of hydrogen-bond acceptors (Lipinski definition) is 5. The lowest BCUT2D eigenvalue weighted by Crippen LogP contribution is -2.35. The molecule has 0 bridgehead atoms. The Morgan fingerprint density at radius 2 is 1.88 bits per heavy atom. The number of rotatable bonds is 5. The smallest absolute Gasteiger partial charge is 0.379 e. The maximum absolute atomic E-state index is 12.6. The molecule has 0 saturated carbocycles. The molecule has 2 aromatic rings. The summed E-state index contributed by atoms with van der Waals surface area (Å²) >= 11 is 0.626. The molecule has 1 aromatic heterocycles. The van der Waals surface area contributed by atoms with E-state index in [4.69, 9.17) is 4.74 Å². The van der Waals surface area contributed by atoms with Crippen LogP contribution in [0.2, 0.25) is 0 Å². The minimum absolute atomic E-state index is 0.281. The molecule has 0 spiro atoms. The maximum atomic E-state index is 12.6.